The van der Waals surface area contributed by atoms with Crippen molar-refractivity contribution in [2.75, 3.05) is 26.8 Å². The van der Waals surface area contributed by atoms with Gasteiger partial charge in [0.05, 0.1) is 18.6 Å². The highest BCUT2D eigenvalue weighted by Crippen LogP contribution is 2.41. The highest BCUT2D eigenvalue weighted by molar-refractivity contribution is 5.84. The van der Waals surface area contributed by atoms with E-state index in [1.165, 1.54) is 0 Å². The van der Waals surface area contributed by atoms with Gasteiger partial charge in [0.1, 0.15) is 0 Å². The summed E-state index contributed by atoms with van der Waals surface area (Å²) in [4.78, 5) is 19.5. The Hall–Kier alpha value is -1.66. The molecule has 0 bridgehead atoms. The quantitative estimate of drug-likeness (QED) is 0.887. The number of hydrogen-bond acceptors (Lipinski definition) is 5. The molecule has 0 unspecified atom stereocenters. The molecule has 3 heterocycles. The lowest BCUT2D eigenvalue weighted by Crippen LogP contribution is -2.57. The van der Waals surface area contributed by atoms with Gasteiger partial charge in [-0.15, -0.1) is 0 Å². The fourth-order valence-corrected chi connectivity index (χ4v) is 3.86. The highest BCUT2D eigenvalue weighted by atomic mass is 16.5. The Morgan fingerprint density at radius 3 is 3.17 bits per heavy atom. The van der Waals surface area contributed by atoms with Gasteiger partial charge in [0.25, 0.3) is 0 Å². The molecule has 24 heavy (non-hydrogen) atoms. The summed E-state index contributed by atoms with van der Waals surface area (Å²) in [6.45, 7) is 7.04. The molecule has 1 aromatic rings. The lowest BCUT2D eigenvalue weighted by molar-refractivity contribution is -0.140. The number of fused-ring (bicyclic) bond motifs is 1. The monoisotopic (exact) mass is 333 g/mol. The Bertz CT molecular complexity index is 593. The van der Waals surface area contributed by atoms with E-state index in [1.54, 1.807) is 13.3 Å². The smallest absolute Gasteiger partial charge is 0.230 e. The summed E-state index contributed by atoms with van der Waals surface area (Å²) in [6.07, 6.45) is 3.44. The van der Waals surface area contributed by atoms with Gasteiger partial charge in [0, 0.05) is 44.0 Å². The van der Waals surface area contributed by atoms with Crippen LogP contribution in [0.25, 0.3) is 0 Å². The van der Waals surface area contributed by atoms with E-state index in [-0.39, 0.29) is 18.1 Å². The molecule has 0 aromatic carbocycles. The van der Waals surface area contributed by atoms with E-state index in [0.29, 0.717) is 19.0 Å². The number of methoxy groups -OCH3 is 1. The van der Waals surface area contributed by atoms with Crippen LogP contribution in [0.3, 0.4) is 0 Å². The van der Waals surface area contributed by atoms with Gasteiger partial charge in [-0.05, 0) is 32.8 Å². The summed E-state index contributed by atoms with van der Waals surface area (Å²) in [7, 11) is 1.64. The minimum absolute atomic E-state index is 0.0308. The molecule has 2 aliphatic heterocycles. The van der Waals surface area contributed by atoms with Gasteiger partial charge in [-0.3, -0.25) is 9.69 Å². The average Bonchev–Trinajstić information content (AvgIpc) is 2.99. The summed E-state index contributed by atoms with van der Waals surface area (Å²) < 4.78 is 11.2. The molecule has 1 N–H and O–H groups in total. The molecule has 1 aromatic heterocycles. The molecule has 0 spiro atoms. The SMILES string of the molecule is COc1ncccc1CN1CC[C@@H]2OCC[C@]2(C(=O)NC(C)C)C1. The third-order valence-electron chi connectivity index (χ3n) is 5.01. The molecule has 132 valence electrons. The molecule has 6 heteroatoms. The van der Waals surface area contributed by atoms with Crippen molar-refractivity contribution in [1.82, 2.24) is 15.2 Å². The van der Waals surface area contributed by atoms with Crippen molar-refractivity contribution in [2.45, 2.75) is 45.4 Å². The maximum absolute atomic E-state index is 12.9. The van der Waals surface area contributed by atoms with Crippen LogP contribution in [-0.4, -0.2) is 54.7 Å². The van der Waals surface area contributed by atoms with E-state index < -0.39 is 5.41 Å². The standard InChI is InChI=1S/C18H27N3O3/c1-13(2)20-17(22)18-7-10-24-15(18)6-9-21(12-18)11-14-5-4-8-19-16(14)23-3/h4-5,8,13,15H,6-7,9-12H2,1-3H3,(H,20,22)/t15-,18-/m0/s1. The number of amides is 1. The van der Waals surface area contributed by atoms with Gasteiger partial charge in [-0.1, -0.05) is 6.07 Å². The summed E-state index contributed by atoms with van der Waals surface area (Å²) in [6, 6.07) is 4.09. The fraction of sp³-hybridized carbons (Fsp3) is 0.667. The first-order valence-electron chi connectivity index (χ1n) is 8.68. The zero-order chi connectivity index (χ0) is 17.2. The molecule has 2 saturated heterocycles. The number of rotatable bonds is 5. The molecular weight excluding hydrogens is 306 g/mol. The lowest BCUT2D eigenvalue weighted by atomic mass is 9.75. The second-order valence-electron chi connectivity index (χ2n) is 7.06. The van der Waals surface area contributed by atoms with Crippen LogP contribution in [0.1, 0.15) is 32.3 Å². The number of carbonyl (C=O) groups excluding carboxylic acids is 1. The number of nitrogens with one attached hydrogen (secondary N) is 1. The summed E-state index contributed by atoms with van der Waals surface area (Å²) in [5, 5.41) is 3.10. The van der Waals surface area contributed by atoms with Gasteiger partial charge < -0.3 is 14.8 Å². The molecular formula is C18H27N3O3. The topological polar surface area (TPSA) is 63.7 Å². The van der Waals surface area contributed by atoms with E-state index in [9.17, 15) is 4.79 Å². The molecule has 6 nitrogen and oxygen atoms in total. The third kappa shape index (κ3) is 3.26. The first-order valence-corrected chi connectivity index (χ1v) is 8.68. The van der Waals surface area contributed by atoms with Crippen LogP contribution >= 0.6 is 0 Å². The zero-order valence-corrected chi connectivity index (χ0v) is 14.7. The normalized spacial score (nSPS) is 27.1. The van der Waals surface area contributed by atoms with E-state index in [0.717, 1.165) is 31.5 Å². The zero-order valence-electron chi connectivity index (χ0n) is 14.7. The Morgan fingerprint density at radius 2 is 2.42 bits per heavy atom. The second-order valence-corrected chi connectivity index (χ2v) is 7.06. The molecule has 2 fully saturated rings. The minimum atomic E-state index is -0.433. The number of pyridine rings is 1. The van der Waals surface area contributed by atoms with Crippen LogP contribution in [0.4, 0.5) is 0 Å². The molecule has 0 saturated carbocycles. The second kappa shape index (κ2) is 7.07. The van der Waals surface area contributed by atoms with Crippen LogP contribution in [0.2, 0.25) is 0 Å². The summed E-state index contributed by atoms with van der Waals surface area (Å²) in [5.74, 6) is 0.783. The van der Waals surface area contributed by atoms with Crippen LogP contribution in [0.15, 0.2) is 18.3 Å². The lowest BCUT2D eigenvalue weighted by Gasteiger charge is -2.42. The van der Waals surface area contributed by atoms with Crippen LogP contribution in [-0.2, 0) is 16.1 Å². The predicted octanol–water partition coefficient (Wildman–Crippen LogP) is 1.60. The molecule has 0 aliphatic carbocycles. The number of likely N-dealkylation sites (tertiary alicyclic amines) is 1. The third-order valence-corrected chi connectivity index (χ3v) is 5.01. The number of aromatic nitrogens is 1. The fourth-order valence-electron chi connectivity index (χ4n) is 3.86. The first kappa shape index (κ1) is 17.2. The minimum Gasteiger partial charge on any atom is -0.481 e. The Kier molecular flexibility index (Phi) is 5.06. The summed E-state index contributed by atoms with van der Waals surface area (Å²) in [5.41, 5.74) is 0.620. The van der Waals surface area contributed by atoms with Gasteiger partial charge in [0.15, 0.2) is 0 Å². The number of piperidine rings is 1. The van der Waals surface area contributed by atoms with Crippen LogP contribution in [0, 0.1) is 5.41 Å². The maximum Gasteiger partial charge on any atom is 0.230 e. The number of ether oxygens (including phenoxy) is 2. The van der Waals surface area contributed by atoms with Crippen LogP contribution in [0.5, 0.6) is 5.88 Å². The number of nitrogens with zero attached hydrogens (tertiary/aromatic N) is 2. The number of hydrogen-bond donors (Lipinski definition) is 1. The van der Waals surface area contributed by atoms with E-state index in [2.05, 4.69) is 15.2 Å². The van der Waals surface area contributed by atoms with Gasteiger partial charge in [0.2, 0.25) is 11.8 Å². The Labute approximate surface area is 143 Å². The Balaban J connectivity index is 1.76. The Morgan fingerprint density at radius 1 is 1.58 bits per heavy atom. The van der Waals surface area contributed by atoms with Gasteiger partial charge in [-0.25, -0.2) is 4.98 Å². The predicted molar refractivity (Wildman–Crippen MR) is 90.8 cm³/mol. The van der Waals surface area contributed by atoms with Crippen molar-refractivity contribution in [3.63, 3.8) is 0 Å². The van der Waals surface area contributed by atoms with E-state index in [1.807, 2.05) is 26.0 Å². The number of carbonyl (C=O) groups is 1. The van der Waals surface area contributed by atoms with E-state index >= 15 is 0 Å². The van der Waals surface area contributed by atoms with Crippen molar-refractivity contribution >= 4 is 5.91 Å². The van der Waals surface area contributed by atoms with Gasteiger partial charge >= 0.3 is 0 Å². The molecule has 1 amide bonds. The highest BCUT2D eigenvalue weighted by Gasteiger charge is 2.53. The molecule has 2 aliphatic rings. The van der Waals surface area contributed by atoms with Gasteiger partial charge in [-0.2, -0.15) is 0 Å². The van der Waals surface area contributed by atoms with Crippen LogP contribution < -0.4 is 10.1 Å². The summed E-state index contributed by atoms with van der Waals surface area (Å²) >= 11 is 0. The first-order chi connectivity index (χ1) is 11.5. The van der Waals surface area contributed by atoms with Crippen molar-refractivity contribution in [2.24, 2.45) is 5.41 Å². The molecule has 0 radical (unpaired) electrons. The average molecular weight is 333 g/mol. The largest absolute Gasteiger partial charge is 0.481 e. The maximum atomic E-state index is 12.9. The molecule has 3 rings (SSSR count). The van der Waals surface area contributed by atoms with Crippen molar-refractivity contribution in [1.29, 1.82) is 0 Å². The van der Waals surface area contributed by atoms with E-state index in [4.69, 9.17) is 9.47 Å². The van der Waals surface area contributed by atoms with Crippen molar-refractivity contribution in [3.8, 4) is 5.88 Å². The van der Waals surface area contributed by atoms with Crippen molar-refractivity contribution in [3.05, 3.63) is 23.9 Å². The van der Waals surface area contributed by atoms with Crippen molar-refractivity contribution < 1.29 is 14.3 Å². The molecule has 2 atom stereocenters.